The van der Waals surface area contributed by atoms with Gasteiger partial charge in [-0.25, -0.2) is 8.42 Å². The molecule has 0 spiro atoms. The summed E-state index contributed by atoms with van der Waals surface area (Å²) in [7, 11) is -2.29. The Labute approximate surface area is 106 Å². The lowest BCUT2D eigenvalue weighted by atomic mass is 10.4. The van der Waals surface area contributed by atoms with Gasteiger partial charge in [-0.15, -0.1) is 11.3 Å². The molecule has 1 amide bonds. The van der Waals surface area contributed by atoms with Crippen LogP contribution in [0.5, 0.6) is 0 Å². The van der Waals surface area contributed by atoms with Crippen LogP contribution < -0.4 is 5.73 Å². The standard InChI is InChI=1S/C8H11BrN2O3S2/c1-5-3-7(15-8(5)9)16(13,14)11(2)4-6(10)12/h3H,4H2,1-2H3,(H2,10,12). The van der Waals surface area contributed by atoms with Crippen LogP contribution in [0.3, 0.4) is 0 Å². The maximum atomic E-state index is 11.9. The van der Waals surface area contributed by atoms with Crippen molar-refractivity contribution in [1.29, 1.82) is 0 Å². The van der Waals surface area contributed by atoms with E-state index in [9.17, 15) is 13.2 Å². The highest BCUT2D eigenvalue weighted by Crippen LogP contribution is 2.31. The van der Waals surface area contributed by atoms with Gasteiger partial charge in [0, 0.05) is 7.05 Å². The molecule has 16 heavy (non-hydrogen) atoms. The van der Waals surface area contributed by atoms with Crippen LogP contribution in [0.2, 0.25) is 0 Å². The number of halogens is 1. The zero-order valence-corrected chi connectivity index (χ0v) is 11.9. The minimum Gasteiger partial charge on any atom is -0.369 e. The Morgan fingerprint density at radius 2 is 2.19 bits per heavy atom. The lowest BCUT2D eigenvalue weighted by Gasteiger charge is -2.13. The smallest absolute Gasteiger partial charge is 0.252 e. The molecule has 0 radical (unpaired) electrons. The quantitative estimate of drug-likeness (QED) is 0.893. The summed E-state index contributed by atoms with van der Waals surface area (Å²) in [6, 6.07) is 1.56. The highest BCUT2D eigenvalue weighted by Gasteiger charge is 2.24. The van der Waals surface area contributed by atoms with E-state index in [2.05, 4.69) is 15.9 Å². The van der Waals surface area contributed by atoms with E-state index in [0.717, 1.165) is 25.0 Å². The molecular formula is C8H11BrN2O3S2. The summed E-state index contributed by atoms with van der Waals surface area (Å²) >= 11 is 4.36. The number of rotatable bonds is 4. The Morgan fingerprint density at radius 1 is 1.62 bits per heavy atom. The maximum absolute atomic E-state index is 11.9. The highest BCUT2D eigenvalue weighted by molar-refractivity contribution is 9.11. The lowest BCUT2D eigenvalue weighted by Crippen LogP contribution is -2.34. The van der Waals surface area contributed by atoms with Gasteiger partial charge in [0.15, 0.2) is 0 Å². The molecule has 0 aliphatic rings. The van der Waals surface area contributed by atoms with Gasteiger partial charge in [-0.05, 0) is 34.5 Å². The van der Waals surface area contributed by atoms with Crippen LogP contribution in [-0.4, -0.2) is 32.2 Å². The molecule has 1 aromatic heterocycles. The molecule has 0 aliphatic carbocycles. The fourth-order valence-corrected chi connectivity index (χ4v) is 4.59. The van der Waals surface area contributed by atoms with Crippen molar-refractivity contribution in [2.45, 2.75) is 11.1 Å². The third-order valence-electron chi connectivity index (χ3n) is 1.88. The van der Waals surface area contributed by atoms with Crippen molar-refractivity contribution in [3.05, 3.63) is 15.4 Å². The second-order valence-electron chi connectivity index (χ2n) is 3.25. The predicted molar refractivity (Wildman–Crippen MR) is 65.8 cm³/mol. The molecule has 8 heteroatoms. The first kappa shape index (κ1) is 13.6. The molecule has 1 aromatic rings. The normalized spacial score (nSPS) is 12.0. The Bertz CT molecular complexity index is 490. The first-order valence-corrected chi connectivity index (χ1v) is 7.30. The van der Waals surface area contributed by atoms with Gasteiger partial charge in [0.25, 0.3) is 10.0 Å². The molecule has 2 N–H and O–H groups in total. The van der Waals surface area contributed by atoms with Crippen molar-refractivity contribution in [3.63, 3.8) is 0 Å². The molecule has 0 aromatic carbocycles. The lowest BCUT2D eigenvalue weighted by molar-refractivity contribution is -0.118. The minimum atomic E-state index is -3.61. The van der Waals surface area contributed by atoms with Crippen LogP contribution in [0.15, 0.2) is 14.1 Å². The predicted octanol–water partition coefficient (Wildman–Crippen LogP) is 0.925. The highest BCUT2D eigenvalue weighted by atomic mass is 79.9. The van der Waals surface area contributed by atoms with Gasteiger partial charge in [0.05, 0.1) is 10.3 Å². The topological polar surface area (TPSA) is 80.5 Å². The molecule has 0 bridgehead atoms. The molecule has 1 rings (SSSR count). The molecule has 0 saturated carbocycles. The minimum absolute atomic E-state index is 0.195. The molecule has 90 valence electrons. The van der Waals surface area contributed by atoms with Gasteiger partial charge in [-0.3, -0.25) is 4.79 Å². The fourth-order valence-electron chi connectivity index (χ4n) is 1.02. The van der Waals surface area contributed by atoms with E-state index < -0.39 is 15.9 Å². The Hall–Kier alpha value is -0.440. The van der Waals surface area contributed by atoms with Gasteiger partial charge in [-0.1, -0.05) is 0 Å². The van der Waals surface area contributed by atoms with Crippen LogP contribution in [0, 0.1) is 6.92 Å². The number of amides is 1. The van der Waals surface area contributed by atoms with Crippen LogP contribution in [0.4, 0.5) is 0 Å². The number of nitrogens with two attached hydrogens (primary N) is 1. The Morgan fingerprint density at radius 3 is 2.56 bits per heavy atom. The van der Waals surface area contributed by atoms with Crippen LogP contribution in [0.25, 0.3) is 0 Å². The summed E-state index contributed by atoms with van der Waals surface area (Å²) in [6.45, 7) is 1.48. The van der Waals surface area contributed by atoms with E-state index >= 15 is 0 Å². The van der Waals surface area contributed by atoms with Crippen molar-refractivity contribution >= 4 is 43.2 Å². The molecule has 0 atom stereocenters. The van der Waals surface area contributed by atoms with Crippen molar-refractivity contribution in [2.24, 2.45) is 5.73 Å². The summed E-state index contributed by atoms with van der Waals surface area (Å²) in [5.74, 6) is -0.682. The van der Waals surface area contributed by atoms with Crippen LogP contribution >= 0.6 is 27.3 Å². The SMILES string of the molecule is Cc1cc(S(=O)(=O)N(C)CC(N)=O)sc1Br. The first-order valence-electron chi connectivity index (χ1n) is 4.25. The zero-order chi connectivity index (χ0) is 12.5. The number of carbonyl (C=O) groups excluding carboxylic acids is 1. The fraction of sp³-hybridized carbons (Fsp3) is 0.375. The van der Waals surface area contributed by atoms with E-state index in [-0.39, 0.29) is 10.8 Å². The summed E-state index contributed by atoms with van der Waals surface area (Å²) in [6.07, 6.45) is 0. The van der Waals surface area contributed by atoms with Crippen LogP contribution in [-0.2, 0) is 14.8 Å². The number of hydrogen-bond acceptors (Lipinski definition) is 4. The molecule has 0 aliphatic heterocycles. The Kier molecular flexibility index (Phi) is 4.11. The van der Waals surface area contributed by atoms with E-state index in [1.807, 2.05) is 0 Å². The van der Waals surface area contributed by atoms with Gasteiger partial charge in [0.2, 0.25) is 5.91 Å². The number of thiophene rings is 1. The molecule has 5 nitrogen and oxygen atoms in total. The van der Waals surface area contributed by atoms with E-state index in [1.54, 1.807) is 13.0 Å². The third-order valence-corrected chi connectivity index (χ3v) is 6.27. The second kappa shape index (κ2) is 4.82. The van der Waals surface area contributed by atoms with Gasteiger partial charge < -0.3 is 5.73 Å². The summed E-state index contributed by atoms with van der Waals surface area (Å²) in [4.78, 5) is 10.7. The summed E-state index contributed by atoms with van der Waals surface area (Å²) < 4.78 is 25.8. The van der Waals surface area contributed by atoms with E-state index in [4.69, 9.17) is 5.73 Å². The van der Waals surface area contributed by atoms with Gasteiger partial charge >= 0.3 is 0 Å². The monoisotopic (exact) mass is 326 g/mol. The van der Waals surface area contributed by atoms with Gasteiger partial charge in [0.1, 0.15) is 4.21 Å². The number of aryl methyl sites for hydroxylation is 1. The molecule has 0 fully saturated rings. The summed E-state index contributed by atoms with van der Waals surface area (Å²) in [5.41, 5.74) is 5.80. The number of nitrogens with zero attached hydrogens (tertiary/aromatic N) is 1. The zero-order valence-electron chi connectivity index (χ0n) is 8.73. The van der Waals surface area contributed by atoms with Crippen molar-refractivity contribution in [3.8, 4) is 0 Å². The largest absolute Gasteiger partial charge is 0.369 e. The number of likely N-dealkylation sites (N-methyl/N-ethyl adjacent to an activating group) is 1. The Balaban J connectivity index is 3.06. The van der Waals surface area contributed by atoms with Crippen molar-refractivity contribution in [1.82, 2.24) is 4.31 Å². The van der Waals surface area contributed by atoms with E-state index in [1.165, 1.54) is 7.05 Å². The van der Waals surface area contributed by atoms with Crippen molar-refractivity contribution in [2.75, 3.05) is 13.6 Å². The van der Waals surface area contributed by atoms with Gasteiger partial charge in [-0.2, -0.15) is 4.31 Å². The van der Waals surface area contributed by atoms with E-state index in [0.29, 0.717) is 0 Å². The molecule has 0 saturated heterocycles. The number of primary amides is 1. The van der Waals surface area contributed by atoms with Crippen molar-refractivity contribution < 1.29 is 13.2 Å². The average molecular weight is 327 g/mol. The first-order chi connectivity index (χ1) is 7.25. The molecule has 1 heterocycles. The number of sulfonamides is 1. The summed E-state index contributed by atoms with van der Waals surface area (Å²) in [5, 5.41) is 0. The second-order valence-corrected chi connectivity index (χ2v) is 7.89. The van der Waals surface area contributed by atoms with Crippen LogP contribution in [0.1, 0.15) is 5.56 Å². The average Bonchev–Trinajstić information content (AvgIpc) is 2.46. The number of hydrogen-bond donors (Lipinski definition) is 1. The molecule has 0 unspecified atom stereocenters. The molecular weight excluding hydrogens is 316 g/mol. The third kappa shape index (κ3) is 2.82. The maximum Gasteiger partial charge on any atom is 0.252 e. The number of carbonyl (C=O) groups is 1.